The number of nitrogens with zero attached hydrogens (tertiary/aromatic N) is 3. The third kappa shape index (κ3) is 2.65. The monoisotopic (exact) mass is 264 g/mol. The van der Waals surface area contributed by atoms with Crippen molar-refractivity contribution >= 4 is 10.9 Å². The molecule has 0 amide bonds. The Bertz CT molecular complexity index is 697. The normalized spacial score (nSPS) is 12.4. The van der Waals surface area contributed by atoms with Crippen molar-refractivity contribution < 1.29 is 0 Å². The average molecular weight is 264 g/mol. The molecule has 0 fully saturated rings. The van der Waals surface area contributed by atoms with Crippen LogP contribution in [0.3, 0.4) is 0 Å². The Kier molecular flexibility index (Phi) is 3.65. The molecular weight excluding hydrogens is 248 g/mol. The van der Waals surface area contributed by atoms with Gasteiger partial charge in [0.15, 0.2) is 0 Å². The van der Waals surface area contributed by atoms with Crippen LogP contribution in [0.4, 0.5) is 0 Å². The second kappa shape index (κ2) is 5.75. The molecule has 1 unspecified atom stereocenters. The summed E-state index contributed by atoms with van der Waals surface area (Å²) in [6.07, 6.45) is 6.05. The standard InChI is InChI=1S/C16H16N4/c1-17-16(13-9-18-11-19-10-13)8-14-7-6-12-4-2-3-5-15(12)20-14/h2-7,9-11,16-17H,8H2,1H3. The molecule has 100 valence electrons. The molecule has 0 aliphatic carbocycles. The van der Waals surface area contributed by atoms with Crippen LogP contribution in [0.15, 0.2) is 55.1 Å². The van der Waals surface area contributed by atoms with Crippen LogP contribution in [0.5, 0.6) is 0 Å². The van der Waals surface area contributed by atoms with Gasteiger partial charge in [0, 0.05) is 41.5 Å². The first-order chi connectivity index (χ1) is 9.86. The molecule has 0 radical (unpaired) electrons. The predicted octanol–water partition coefficient (Wildman–Crippen LogP) is 2.53. The van der Waals surface area contributed by atoms with Crippen LogP contribution >= 0.6 is 0 Å². The summed E-state index contributed by atoms with van der Waals surface area (Å²) in [6, 6.07) is 12.5. The van der Waals surface area contributed by atoms with Gasteiger partial charge in [-0.1, -0.05) is 24.3 Å². The van der Waals surface area contributed by atoms with Gasteiger partial charge < -0.3 is 5.32 Å². The summed E-state index contributed by atoms with van der Waals surface area (Å²) in [4.78, 5) is 12.9. The minimum Gasteiger partial charge on any atom is -0.313 e. The lowest BCUT2D eigenvalue weighted by Crippen LogP contribution is -2.19. The zero-order valence-corrected chi connectivity index (χ0v) is 11.3. The maximum atomic E-state index is 4.71. The fourth-order valence-corrected chi connectivity index (χ4v) is 2.31. The molecule has 4 nitrogen and oxygen atoms in total. The first-order valence-corrected chi connectivity index (χ1v) is 6.63. The minimum absolute atomic E-state index is 0.171. The zero-order chi connectivity index (χ0) is 13.8. The molecule has 0 bridgehead atoms. The van der Waals surface area contributed by atoms with Crippen molar-refractivity contribution in [3.63, 3.8) is 0 Å². The van der Waals surface area contributed by atoms with Crippen LogP contribution in [0.25, 0.3) is 10.9 Å². The van der Waals surface area contributed by atoms with E-state index in [2.05, 4.69) is 33.5 Å². The molecule has 1 aromatic carbocycles. The number of fused-ring (bicyclic) bond motifs is 1. The van der Waals surface area contributed by atoms with Gasteiger partial charge in [-0.05, 0) is 19.2 Å². The first kappa shape index (κ1) is 12.7. The van der Waals surface area contributed by atoms with Gasteiger partial charge in [-0.25, -0.2) is 9.97 Å². The van der Waals surface area contributed by atoms with E-state index in [0.29, 0.717) is 0 Å². The molecule has 1 atom stereocenters. The number of para-hydroxylation sites is 1. The zero-order valence-electron chi connectivity index (χ0n) is 11.3. The van der Waals surface area contributed by atoms with Crippen molar-refractivity contribution in [3.05, 3.63) is 66.4 Å². The van der Waals surface area contributed by atoms with Crippen molar-refractivity contribution in [1.29, 1.82) is 0 Å². The number of hydrogen-bond donors (Lipinski definition) is 1. The molecule has 1 N–H and O–H groups in total. The summed E-state index contributed by atoms with van der Waals surface area (Å²) in [7, 11) is 1.94. The van der Waals surface area contributed by atoms with E-state index in [9.17, 15) is 0 Å². The average Bonchev–Trinajstić information content (AvgIpc) is 2.53. The smallest absolute Gasteiger partial charge is 0.115 e. The summed E-state index contributed by atoms with van der Waals surface area (Å²) < 4.78 is 0. The van der Waals surface area contributed by atoms with Crippen LogP contribution in [-0.2, 0) is 6.42 Å². The molecule has 4 heteroatoms. The second-order valence-electron chi connectivity index (χ2n) is 4.71. The van der Waals surface area contributed by atoms with Gasteiger partial charge in [0.25, 0.3) is 0 Å². The van der Waals surface area contributed by atoms with E-state index in [-0.39, 0.29) is 6.04 Å². The van der Waals surface area contributed by atoms with Gasteiger partial charge in [-0.3, -0.25) is 4.98 Å². The van der Waals surface area contributed by atoms with Crippen LogP contribution in [-0.4, -0.2) is 22.0 Å². The van der Waals surface area contributed by atoms with Crippen LogP contribution in [0.2, 0.25) is 0 Å². The number of pyridine rings is 1. The topological polar surface area (TPSA) is 50.7 Å². The predicted molar refractivity (Wildman–Crippen MR) is 79.3 cm³/mol. The lowest BCUT2D eigenvalue weighted by atomic mass is 10.0. The van der Waals surface area contributed by atoms with E-state index in [1.807, 2.05) is 37.6 Å². The number of nitrogens with one attached hydrogen (secondary N) is 1. The van der Waals surface area contributed by atoms with Crippen LogP contribution < -0.4 is 5.32 Å². The third-order valence-corrected chi connectivity index (χ3v) is 3.40. The highest BCUT2D eigenvalue weighted by molar-refractivity contribution is 5.78. The first-order valence-electron chi connectivity index (χ1n) is 6.63. The van der Waals surface area contributed by atoms with Crippen LogP contribution in [0.1, 0.15) is 17.3 Å². The van der Waals surface area contributed by atoms with Gasteiger partial charge in [0.2, 0.25) is 0 Å². The summed E-state index contributed by atoms with van der Waals surface area (Å²) in [5.74, 6) is 0. The van der Waals surface area contributed by atoms with E-state index in [0.717, 1.165) is 23.2 Å². The Labute approximate surface area is 117 Å². The maximum Gasteiger partial charge on any atom is 0.115 e. The molecule has 0 saturated carbocycles. The van der Waals surface area contributed by atoms with E-state index >= 15 is 0 Å². The van der Waals surface area contributed by atoms with Crippen molar-refractivity contribution in [2.75, 3.05) is 7.05 Å². The molecule has 0 saturated heterocycles. The summed E-state index contributed by atoms with van der Waals surface area (Å²) in [5, 5.41) is 4.46. The second-order valence-corrected chi connectivity index (χ2v) is 4.71. The molecular formula is C16H16N4. The molecule has 3 rings (SSSR count). The van der Waals surface area contributed by atoms with Gasteiger partial charge >= 0.3 is 0 Å². The largest absolute Gasteiger partial charge is 0.313 e. The lowest BCUT2D eigenvalue weighted by Gasteiger charge is -2.15. The summed E-state index contributed by atoms with van der Waals surface area (Å²) >= 11 is 0. The van der Waals surface area contributed by atoms with Gasteiger partial charge in [-0.2, -0.15) is 0 Å². The molecule has 0 aliphatic heterocycles. The van der Waals surface area contributed by atoms with E-state index in [1.54, 1.807) is 6.33 Å². The SMILES string of the molecule is CNC(Cc1ccc2ccccc2n1)c1cncnc1. The summed E-state index contributed by atoms with van der Waals surface area (Å²) in [6.45, 7) is 0. The molecule has 2 heterocycles. The highest BCUT2D eigenvalue weighted by atomic mass is 14.9. The molecule has 2 aromatic heterocycles. The minimum atomic E-state index is 0.171. The van der Waals surface area contributed by atoms with E-state index in [4.69, 9.17) is 4.98 Å². The van der Waals surface area contributed by atoms with Gasteiger partial charge in [0.1, 0.15) is 6.33 Å². The Morgan fingerprint density at radius 1 is 1.05 bits per heavy atom. The lowest BCUT2D eigenvalue weighted by molar-refractivity contribution is 0.581. The summed E-state index contributed by atoms with van der Waals surface area (Å²) in [5.41, 5.74) is 3.17. The van der Waals surface area contributed by atoms with Crippen LogP contribution in [0, 0.1) is 0 Å². The van der Waals surface area contributed by atoms with E-state index < -0.39 is 0 Å². The Morgan fingerprint density at radius 2 is 1.85 bits per heavy atom. The van der Waals surface area contributed by atoms with Gasteiger partial charge in [0.05, 0.1) is 5.52 Å². The number of hydrogen-bond acceptors (Lipinski definition) is 4. The highest BCUT2D eigenvalue weighted by Gasteiger charge is 2.11. The van der Waals surface area contributed by atoms with Gasteiger partial charge in [-0.15, -0.1) is 0 Å². The fourth-order valence-electron chi connectivity index (χ4n) is 2.31. The molecule has 3 aromatic rings. The molecule has 20 heavy (non-hydrogen) atoms. The van der Waals surface area contributed by atoms with E-state index in [1.165, 1.54) is 5.39 Å². The quantitative estimate of drug-likeness (QED) is 0.786. The molecule has 0 aliphatic rings. The Balaban J connectivity index is 1.87. The van der Waals surface area contributed by atoms with Crippen molar-refractivity contribution in [2.24, 2.45) is 0 Å². The fraction of sp³-hybridized carbons (Fsp3) is 0.188. The Hall–Kier alpha value is -2.33. The number of likely N-dealkylation sites (N-methyl/N-ethyl adjacent to an activating group) is 1. The highest BCUT2D eigenvalue weighted by Crippen LogP contribution is 2.18. The van der Waals surface area contributed by atoms with Crippen molar-refractivity contribution in [3.8, 4) is 0 Å². The number of rotatable bonds is 4. The molecule has 0 spiro atoms. The Morgan fingerprint density at radius 3 is 2.65 bits per heavy atom. The van der Waals surface area contributed by atoms with Crippen molar-refractivity contribution in [2.45, 2.75) is 12.5 Å². The van der Waals surface area contributed by atoms with Crippen molar-refractivity contribution in [1.82, 2.24) is 20.3 Å². The number of aromatic nitrogens is 3. The third-order valence-electron chi connectivity index (χ3n) is 3.40. The number of benzene rings is 1. The maximum absolute atomic E-state index is 4.71.